The Balaban J connectivity index is 1.69. The van der Waals surface area contributed by atoms with Crippen molar-refractivity contribution < 1.29 is 4.79 Å². The van der Waals surface area contributed by atoms with Gasteiger partial charge in [0, 0.05) is 31.3 Å². The second-order valence-electron chi connectivity index (χ2n) is 7.23. The van der Waals surface area contributed by atoms with Crippen molar-refractivity contribution >= 4 is 28.8 Å². The Morgan fingerprint density at radius 3 is 2.96 bits per heavy atom. The number of primary amides is 1. The maximum atomic E-state index is 11.5. The average molecular weight is 347 g/mol. The average Bonchev–Trinajstić information content (AvgIpc) is 3.31. The van der Waals surface area contributed by atoms with Crippen molar-refractivity contribution in [2.24, 2.45) is 18.7 Å². The molecule has 1 aromatic carbocycles. The van der Waals surface area contributed by atoms with Crippen LogP contribution in [0.25, 0.3) is 28.6 Å². The van der Waals surface area contributed by atoms with Crippen LogP contribution in [0.5, 0.6) is 0 Å². The molecule has 0 spiro atoms. The fourth-order valence-electron chi connectivity index (χ4n) is 3.75. The zero-order valence-corrected chi connectivity index (χ0v) is 14.7. The van der Waals surface area contributed by atoms with E-state index in [4.69, 9.17) is 10.7 Å². The van der Waals surface area contributed by atoms with Crippen LogP contribution in [-0.4, -0.2) is 26.6 Å². The number of nitrogens with one attached hydrogen (secondary N) is 1. The Morgan fingerprint density at radius 1 is 1.35 bits per heavy atom. The van der Waals surface area contributed by atoms with Crippen molar-refractivity contribution in [2.45, 2.75) is 19.4 Å². The summed E-state index contributed by atoms with van der Waals surface area (Å²) in [4.78, 5) is 16.3. The van der Waals surface area contributed by atoms with E-state index in [0.29, 0.717) is 5.56 Å². The smallest absolute Gasteiger partial charge is 0.248 e. The van der Waals surface area contributed by atoms with Crippen LogP contribution in [0.2, 0.25) is 0 Å². The first-order chi connectivity index (χ1) is 12.6. The van der Waals surface area contributed by atoms with E-state index in [2.05, 4.69) is 32.7 Å². The summed E-state index contributed by atoms with van der Waals surface area (Å²) in [5, 5.41) is 3.51. The van der Waals surface area contributed by atoms with Crippen molar-refractivity contribution in [3.63, 3.8) is 0 Å². The number of amides is 1. The lowest BCUT2D eigenvalue weighted by atomic mass is 10.2. The molecule has 26 heavy (non-hydrogen) atoms. The molecule has 0 bridgehead atoms. The summed E-state index contributed by atoms with van der Waals surface area (Å²) in [6.07, 6.45) is 6.91. The van der Waals surface area contributed by atoms with Crippen LogP contribution in [0.1, 0.15) is 28.8 Å². The zero-order valence-electron chi connectivity index (χ0n) is 14.7. The van der Waals surface area contributed by atoms with Gasteiger partial charge in [0.1, 0.15) is 5.82 Å². The number of nitrogens with zero attached hydrogens (tertiary/aromatic N) is 3. The third-order valence-corrected chi connectivity index (χ3v) is 5.34. The largest absolute Gasteiger partial charge is 0.367 e. The Kier molecular flexibility index (Phi) is 3.22. The number of anilines is 1. The number of carbonyl (C=O) groups excluding carboxylic acids is 1. The van der Waals surface area contributed by atoms with Gasteiger partial charge in [0.25, 0.3) is 0 Å². The lowest BCUT2D eigenvalue weighted by molar-refractivity contribution is 0.100. The molecule has 1 aliphatic heterocycles. The van der Waals surface area contributed by atoms with E-state index in [0.717, 1.165) is 41.6 Å². The summed E-state index contributed by atoms with van der Waals surface area (Å²) in [6.45, 7) is 1.87. The quantitative estimate of drug-likeness (QED) is 0.761. The Morgan fingerprint density at radius 2 is 2.19 bits per heavy atom. The molecular formula is C20H21N5O. The molecule has 0 saturated heterocycles. The minimum atomic E-state index is -0.430. The molecule has 0 unspecified atom stereocenters. The summed E-state index contributed by atoms with van der Waals surface area (Å²) in [6, 6.07) is 7.65. The minimum Gasteiger partial charge on any atom is -0.367 e. The molecule has 132 valence electrons. The summed E-state index contributed by atoms with van der Waals surface area (Å²) >= 11 is 0. The van der Waals surface area contributed by atoms with Crippen molar-refractivity contribution in [3.8, 4) is 11.5 Å². The van der Waals surface area contributed by atoms with Crippen LogP contribution in [-0.2, 0) is 13.6 Å². The summed E-state index contributed by atoms with van der Waals surface area (Å²) < 4.78 is 4.46. The van der Waals surface area contributed by atoms with E-state index in [-0.39, 0.29) is 0 Å². The maximum absolute atomic E-state index is 11.5. The fraction of sp³-hybridized carbons (Fsp3) is 0.300. The summed E-state index contributed by atoms with van der Waals surface area (Å²) in [5.74, 6) is 2.42. The number of nitrogens with two attached hydrogens (primary N) is 1. The number of aromatic nitrogens is 3. The van der Waals surface area contributed by atoms with E-state index in [1.165, 1.54) is 24.2 Å². The molecule has 3 aromatic rings. The fourth-order valence-corrected chi connectivity index (χ4v) is 3.75. The minimum absolute atomic E-state index is 0.430. The van der Waals surface area contributed by atoms with E-state index in [1.54, 1.807) is 12.1 Å². The molecule has 6 heteroatoms. The second-order valence-corrected chi connectivity index (χ2v) is 7.23. The van der Waals surface area contributed by atoms with Crippen LogP contribution in [0.15, 0.2) is 30.3 Å². The number of fused-ring (bicyclic) bond motifs is 2. The predicted molar refractivity (Wildman–Crippen MR) is 103 cm³/mol. The Bertz CT molecular complexity index is 1070. The predicted octanol–water partition coefficient (Wildman–Crippen LogP) is 2.99. The number of imidazole rings is 1. The van der Waals surface area contributed by atoms with Gasteiger partial charge in [-0.05, 0) is 43.0 Å². The van der Waals surface area contributed by atoms with Gasteiger partial charge in [0.05, 0.1) is 16.7 Å². The number of carbonyl (C=O) groups is 1. The van der Waals surface area contributed by atoms with Gasteiger partial charge in [0.2, 0.25) is 5.91 Å². The van der Waals surface area contributed by atoms with Gasteiger partial charge >= 0.3 is 0 Å². The van der Waals surface area contributed by atoms with Gasteiger partial charge in [0.15, 0.2) is 5.82 Å². The van der Waals surface area contributed by atoms with Gasteiger partial charge in [-0.2, -0.15) is 0 Å². The lowest BCUT2D eigenvalue weighted by Crippen LogP contribution is -2.12. The topological polar surface area (TPSA) is 77.9 Å². The van der Waals surface area contributed by atoms with Crippen LogP contribution >= 0.6 is 0 Å². The van der Waals surface area contributed by atoms with E-state index in [1.807, 2.05) is 13.1 Å². The van der Waals surface area contributed by atoms with Gasteiger partial charge in [-0.1, -0.05) is 12.2 Å². The third-order valence-electron chi connectivity index (χ3n) is 5.34. The lowest BCUT2D eigenvalue weighted by Gasteiger charge is -2.16. The SMILES string of the molecule is Cn1c(-c2cc3c(n2CC2CC2)NCC=C3)nc2cc(C(N)=O)ccc21. The molecule has 2 aromatic heterocycles. The molecule has 2 aliphatic rings. The van der Waals surface area contributed by atoms with Crippen LogP contribution in [0.3, 0.4) is 0 Å². The summed E-state index contributed by atoms with van der Waals surface area (Å²) in [5.41, 5.74) is 10.0. The standard InChI is InChI=1S/C20H21N5O/c1-24-16-7-6-13(18(21)26)9-15(16)23-20(24)17-10-14-3-2-8-22-19(14)25(17)11-12-4-5-12/h2-3,6-7,9-10,12,22H,4-5,8,11H2,1H3,(H2,21,26). The van der Waals surface area contributed by atoms with E-state index in [9.17, 15) is 4.79 Å². The highest BCUT2D eigenvalue weighted by Gasteiger charge is 2.27. The first-order valence-corrected chi connectivity index (χ1v) is 9.02. The molecule has 1 amide bonds. The molecule has 5 rings (SSSR count). The van der Waals surface area contributed by atoms with Gasteiger partial charge < -0.3 is 20.2 Å². The van der Waals surface area contributed by atoms with Crippen molar-refractivity contribution in [1.82, 2.24) is 14.1 Å². The van der Waals surface area contributed by atoms with Crippen LogP contribution < -0.4 is 11.1 Å². The monoisotopic (exact) mass is 347 g/mol. The molecule has 1 aliphatic carbocycles. The van der Waals surface area contributed by atoms with Crippen LogP contribution in [0.4, 0.5) is 5.82 Å². The van der Waals surface area contributed by atoms with Gasteiger partial charge in [-0.25, -0.2) is 4.98 Å². The molecule has 1 saturated carbocycles. The van der Waals surface area contributed by atoms with E-state index >= 15 is 0 Å². The van der Waals surface area contributed by atoms with Crippen LogP contribution in [0, 0.1) is 5.92 Å². The molecule has 3 N–H and O–H groups in total. The number of hydrogen-bond donors (Lipinski definition) is 2. The second kappa shape index (κ2) is 5.49. The summed E-state index contributed by atoms with van der Waals surface area (Å²) in [7, 11) is 2.02. The third kappa shape index (κ3) is 2.33. The van der Waals surface area contributed by atoms with Gasteiger partial charge in [-0.15, -0.1) is 0 Å². The van der Waals surface area contributed by atoms with Crippen molar-refractivity contribution in [1.29, 1.82) is 0 Å². The van der Waals surface area contributed by atoms with Crippen molar-refractivity contribution in [2.75, 3.05) is 11.9 Å². The molecule has 0 radical (unpaired) electrons. The number of hydrogen-bond acceptors (Lipinski definition) is 3. The Hall–Kier alpha value is -3.02. The number of rotatable bonds is 4. The zero-order chi connectivity index (χ0) is 17.8. The normalized spacial score (nSPS) is 15.9. The highest BCUT2D eigenvalue weighted by molar-refractivity contribution is 5.96. The highest BCUT2D eigenvalue weighted by Crippen LogP contribution is 2.38. The highest BCUT2D eigenvalue weighted by atomic mass is 16.1. The molecule has 0 atom stereocenters. The number of aryl methyl sites for hydroxylation is 1. The molecule has 3 heterocycles. The molecular weight excluding hydrogens is 326 g/mol. The van der Waals surface area contributed by atoms with E-state index < -0.39 is 5.91 Å². The maximum Gasteiger partial charge on any atom is 0.248 e. The van der Waals surface area contributed by atoms with Crippen molar-refractivity contribution in [3.05, 3.63) is 41.5 Å². The first-order valence-electron chi connectivity index (χ1n) is 9.02. The number of benzene rings is 1. The molecule has 1 fully saturated rings. The molecule has 6 nitrogen and oxygen atoms in total. The Labute approximate surface area is 151 Å². The first kappa shape index (κ1) is 15.3. The van der Waals surface area contributed by atoms with Gasteiger partial charge in [-0.3, -0.25) is 4.79 Å².